The Balaban J connectivity index is 2.03. The molecule has 0 aliphatic heterocycles. The summed E-state index contributed by atoms with van der Waals surface area (Å²) in [6, 6.07) is 7.51. The molecule has 0 saturated carbocycles. The molecule has 0 N–H and O–H groups in total. The summed E-state index contributed by atoms with van der Waals surface area (Å²) >= 11 is 7.15. The predicted molar refractivity (Wildman–Crippen MR) is 103 cm³/mol. The van der Waals surface area contributed by atoms with Crippen molar-refractivity contribution in [3.8, 4) is 11.3 Å². The van der Waals surface area contributed by atoms with Gasteiger partial charge in [0.05, 0.1) is 23.2 Å². The van der Waals surface area contributed by atoms with Crippen LogP contribution in [0.2, 0.25) is 5.02 Å². The third kappa shape index (κ3) is 4.07. The van der Waals surface area contributed by atoms with Gasteiger partial charge in [-0.15, -0.1) is 11.3 Å². The first-order chi connectivity index (χ1) is 12.9. The molecule has 0 radical (unpaired) electrons. The van der Waals surface area contributed by atoms with Crippen molar-refractivity contribution in [1.82, 2.24) is 4.98 Å². The smallest absolute Gasteiger partial charge is 0.341 e. The number of nitro benzene ring substituents is 1. The number of hydrogen-bond donors (Lipinski definition) is 0. The van der Waals surface area contributed by atoms with Crippen LogP contribution in [-0.4, -0.2) is 23.0 Å². The van der Waals surface area contributed by atoms with Crippen LogP contribution in [0.15, 0.2) is 40.1 Å². The molecule has 7 nitrogen and oxygen atoms in total. The maximum Gasteiger partial charge on any atom is 0.341 e. The highest BCUT2D eigenvalue weighted by molar-refractivity contribution is 7.11. The number of methoxy groups -OCH3 is 1. The number of nitrogens with zero attached hydrogens (tertiary/aromatic N) is 2. The molecule has 3 aromatic rings. The third-order valence-corrected chi connectivity index (χ3v) is 4.82. The van der Waals surface area contributed by atoms with Gasteiger partial charge in [0, 0.05) is 22.2 Å². The number of nitro groups is 1. The maximum absolute atomic E-state index is 12.1. The fourth-order valence-corrected chi connectivity index (χ4v) is 3.34. The number of halogens is 1. The monoisotopic (exact) mass is 404 g/mol. The van der Waals surface area contributed by atoms with Gasteiger partial charge in [-0.05, 0) is 37.3 Å². The molecule has 0 bridgehead atoms. The van der Waals surface area contributed by atoms with Crippen molar-refractivity contribution in [1.29, 1.82) is 0 Å². The number of hydrogen-bond acceptors (Lipinski definition) is 7. The van der Waals surface area contributed by atoms with E-state index in [1.165, 1.54) is 36.7 Å². The average Bonchev–Trinajstić information content (AvgIpc) is 3.28. The molecule has 0 spiro atoms. The molecule has 0 atom stereocenters. The van der Waals surface area contributed by atoms with Crippen molar-refractivity contribution >= 4 is 46.2 Å². The van der Waals surface area contributed by atoms with E-state index in [4.69, 9.17) is 20.8 Å². The molecule has 2 aromatic heterocycles. The zero-order chi connectivity index (χ0) is 19.6. The van der Waals surface area contributed by atoms with Crippen LogP contribution < -0.4 is 0 Å². The Bertz CT molecular complexity index is 1050. The highest BCUT2D eigenvalue weighted by Gasteiger charge is 2.20. The summed E-state index contributed by atoms with van der Waals surface area (Å²) in [5, 5.41) is 13.8. The highest BCUT2D eigenvalue weighted by Crippen LogP contribution is 2.34. The summed E-state index contributed by atoms with van der Waals surface area (Å²) in [6.45, 7) is 1.82. The number of furan rings is 1. The number of carbonyl (C=O) groups excluding carboxylic acids is 1. The number of thiazole rings is 1. The van der Waals surface area contributed by atoms with Crippen LogP contribution >= 0.6 is 22.9 Å². The first kappa shape index (κ1) is 18.8. The lowest BCUT2D eigenvalue weighted by Gasteiger charge is -2.02. The molecule has 3 rings (SSSR count). The maximum atomic E-state index is 12.1. The zero-order valence-electron chi connectivity index (χ0n) is 14.3. The van der Waals surface area contributed by atoms with Crippen molar-refractivity contribution in [2.24, 2.45) is 0 Å². The van der Waals surface area contributed by atoms with Crippen LogP contribution in [0.25, 0.3) is 23.0 Å². The molecule has 0 aliphatic rings. The molecular weight excluding hydrogens is 392 g/mol. The molecule has 2 heterocycles. The number of aromatic nitrogens is 1. The Morgan fingerprint density at radius 2 is 2.15 bits per heavy atom. The third-order valence-electron chi connectivity index (χ3n) is 3.59. The highest BCUT2D eigenvalue weighted by atomic mass is 35.5. The van der Waals surface area contributed by atoms with Crippen LogP contribution in [0, 0.1) is 17.0 Å². The van der Waals surface area contributed by atoms with E-state index in [1.807, 2.05) is 12.3 Å². The molecular formula is C18H13ClN2O5S. The Labute approximate surface area is 163 Å². The van der Waals surface area contributed by atoms with Crippen molar-refractivity contribution in [3.63, 3.8) is 0 Å². The number of esters is 1. The number of benzene rings is 1. The van der Waals surface area contributed by atoms with Crippen molar-refractivity contribution in [2.45, 2.75) is 6.92 Å². The average molecular weight is 405 g/mol. The van der Waals surface area contributed by atoms with Gasteiger partial charge in [0.25, 0.3) is 5.69 Å². The molecule has 0 amide bonds. The number of carbonyl (C=O) groups is 1. The lowest BCUT2D eigenvalue weighted by molar-refractivity contribution is -0.384. The van der Waals surface area contributed by atoms with E-state index in [-0.39, 0.29) is 27.6 Å². The zero-order valence-corrected chi connectivity index (χ0v) is 15.8. The summed E-state index contributed by atoms with van der Waals surface area (Å²) in [5.74, 6) is 0.0615. The van der Waals surface area contributed by atoms with E-state index in [2.05, 4.69) is 4.98 Å². The second-order valence-corrected chi connectivity index (χ2v) is 6.76. The number of rotatable bonds is 5. The van der Waals surface area contributed by atoms with Crippen LogP contribution in [-0.2, 0) is 9.53 Å². The minimum absolute atomic E-state index is 0.170. The van der Waals surface area contributed by atoms with Crippen LogP contribution in [0.1, 0.15) is 16.5 Å². The number of aryl methyl sites for hydroxylation is 1. The largest absolute Gasteiger partial charge is 0.465 e. The Morgan fingerprint density at radius 1 is 1.37 bits per heavy atom. The minimum Gasteiger partial charge on any atom is -0.465 e. The first-order valence-electron chi connectivity index (χ1n) is 7.65. The second kappa shape index (κ2) is 7.73. The van der Waals surface area contributed by atoms with E-state index in [0.29, 0.717) is 10.8 Å². The molecule has 0 fully saturated rings. The summed E-state index contributed by atoms with van der Waals surface area (Å²) < 4.78 is 10.5. The Kier molecular flexibility index (Phi) is 5.38. The lowest BCUT2D eigenvalue weighted by atomic mass is 10.1. The van der Waals surface area contributed by atoms with Gasteiger partial charge in [0.1, 0.15) is 16.5 Å². The standard InChI is InChI=1S/C18H13ClN2O5S/c1-10-9-27-17(20-10)14(18(22)25-2)8-12-4-6-16(26-12)13-5-3-11(19)7-15(13)21(23)24/h3-9H,1-2H3/b14-8-. The minimum atomic E-state index is -0.556. The summed E-state index contributed by atoms with van der Waals surface area (Å²) in [6.07, 6.45) is 1.50. The Hall–Kier alpha value is -2.97. The van der Waals surface area contributed by atoms with Crippen LogP contribution in [0.4, 0.5) is 5.69 Å². The van der Waals surface area contributed by atoms with Gasteiger partial charge in [0.15, 0.2) is 0 Å². The van der Waals surface area contributed by atoms with E-state index >= 15 is 0 Å². The summed E-state index contributed by atoms with van der Waals surface area (Å²) in [4.78, 5) is 27.1. The van der Waals surface area contributed by atoms with E-state index < -0.39 is 10.9 Å². The summed E-state index contributed by atoms with van der Waals surface area (Å²) in [5.41, 5.74) is 1.13. The molecule has 0 saturated heterocycles. The van der Waals surface area contributed by atoms with Gasteiger partial charge in [-0.25, -0.2) is 9.78 Å². The fraction of sp³-hybridized carbons (Fsp3) is 0.111. The molecule has 0 unspecified atom stereocenters. The van der Waals surface area contributed by atoms with Gasteiger partial charge in [-0.2, -0.15) is 0 Å². The van der Waals surface area contributed by atoms with Crippen molar-refractivity contribution in [2.75, 3.05) is 7.11 Å². The molecule has 9 heteroatoms. The van der Waals surface area contributed by atoms with E-state index in [9.17, 15) is 14.9 Å². The van der Waals surface area contributed by atoms with Gasteiger partial charge in [-0.3, -0.25) is 10.1 Å². The van der Waals surface area contributed by atoms with Crippen LogP contribution in [0.5, 0.6) is 0 Å². The van der Waals surface area contributed by atoms with Crippen molar-refractivity contribution in [3.05, 3.63) is 67.3 Å². The normalized spacial score (nSPS) is 11.4. The summed E-state index contributed by atoms with van der Waals surface area (Å²) in [7, 11) is 1.28. The van der Waals surface area contributed by atoms with E-state index in [0.717, 1.165) is 5.69 Å². The van der Waals surface area contributed by atoms with Crippen LogP contribution in [0.3, 0.4) is 0 Å². The molecule has 138 valence electrons. The molecule has 1 aromatic carbocycles. The number of ether oxygens (including phenoxy) is 1. The van der Waals surface area contributed by atoms with Gasteiger partial charge >= 0.3 is 5.97 Å². The molecule has 27 heavy (non-hydrogen) atoms. The van der Waals surface area contributed by atoms with Gasteiger partial charge < -0.3 is 9.15 Å². The Morgan fingerprint density at radius 3 is 2.78 bits per heavy atom. The van der Waals surface area contributed by atoms with Gasteiger partial charge in [0.2, 0.25) is 0 Å². The topological polar surface area (TPSA) is 95.5 Å². The van der Waals surface area contributed by atoms with E-state index in [1.54, 1.807) is 18.2 Å². The van der Waals surface area contributed by atoms with Crippen molar-refractivity contribution < 1.29 is 18.9 Å². The van der Waals surface area contributed by atoms with Gasteiger partial charge in [-0.1, -0.05) is 11.6 Å². The molecule has 0 aliphatic carbocycles. The lowest BCUT2D eigenvalue weighted by Crippen LogP contribution is -2.03. The second-order valence-electron chi connectivity index (χ2n) is 5.46. The first-order valence-corrected chi connectivity index (χ1v) is 8.91. The quantitative estimate of drug-likeness (QED) is 0.257. The predicted octanol–water partition coefficient (Wildman–Crippen LogP) is 4.99. The fourth-order valence-electron chi connectivity index (χ4n) is 2.38. The SMILES string of the molecule is COC(=O)/C(=C\c1ccc(-c2ccc(Cl)cc2[N+](=O)[O-])o1)c1nc(C)cs1.